The number of hydrogen-bond acceptors (Lipinski definition) is 1. The van der Waals surface area contributed by atoms with Crippen molar-refractivity contribution in [3.63, 3.8) is 0 Å². The van der Waals surface area contributed by atoms with Crippen LogP contribution in [0.1, 0.15) is 24.0 Å². The van der Waals surface area contributed by atoms with Crippen molar-refractivity contribution in [3.8, 4) is 0 Å². The van der Waals surface area contributed by atoms with Gasteiger partial charge in [-0.05, 0) is 30.4 Å². The van der Waals surface area contributed by atoms with E-state index < -0.39 is 0 Å². The third-order valence-electron chi connectivity index (χ3n) is 3.26. The Morgan fingerprint density at radius 2 is 1.61 bits per heavy atom. The van der Waals surface area contributed by atoms with Crippen LogP contribution < -0.4 is 0 Å². The van der Waals surface area contributed by atoms with Gasteiger partial charge in [0.05, 0.1) is 12.2 Å². The molecular formula is C18H18CrO4. The van der Waals surface area contributed by atoms with Crippen molar-refractivity contribution < 1.29 is 36.1 Å². The van der Waals surface area contributed by atoms with Crippen molar-refractivity contribution in [3.05, 3.63) is 80.7 Å². The zero-order chi connectivity index (χ0) is 17.4. The molecule has 1 aromatic carbocycles. The molecule has 0 spiro atoms. The fourth-order valence-corrected chi connectivity index (χ4v) is 2.53. The van der Waals surface area contributed by atoms with E-state index in [1.54, 1.807) is 0 Å². The molecule has 0 saturated carbocycles. The molecule has 0 saturated heterocycles. The molecule has 5 heteroatoms. The summed E-state index contributed by atoms with van der Waals surface area (Å²) in [5.74, 6) is 0. The SMILES string of the molecule is C=CCOC1(CC=C)CCc2ccccc21.[C-]#[O+].[C-]#[O+].[C-]#[O+].[Cr]. The van der Waals surface area contributed by atoms with Crippen molar-refractivity contribution in [1.29, 1.82) is 0 Å². The number of rotatable bonds is 5. The largest absolute Gasteiger partial charge is 0 e. The molecule has 1 atom stereocenters. The summed E-state index contributed by atoms with van der Waals surface area (Å²) in [7, 11) is 0. The van der Waals surface area contributed by atoms with Gasteiger partial charge in [0.15, 0.2) is 0 Å². The maximum atomic E-state index is 7.50. The molecule has 0 radical (unpaired) electrons. The second kappa shape index (κ2) is 16.8. The van der Waals surface area contributed by atoms with E-state index in [2.05, 4.69) is 57.4 Å². The van der Waals surface area contributed by atoms with Gasteiger partial charge in [-0.2, -0.15) is 0 Å². The summed E-state index contributed by atoms with van der Waals surface area (Å²) in [6.07, 6.45) is 6.78. The van der Waals surface area contributed by atoms with E-state index in [1.165, 1.54) is 11.1 Å². The molecule has 0 fully saturated rings. The van der Waals surface area contributed by atoms with Crippen LogP contribution in [-0.4, -0.2) is 6.61 Å². The minimum Gasteiger partial charge on any atom is 0 e. The van der Waals surface area contributed by atoms with Crippen LogP contribution in [0.5, 0.6) is 0 Å². The summed E-state index contributed by atoms with van der Waals surface area (Å²) in [6.45, 7) is 21.7. The van der Waals surface area contributed by atoms with Gasteiger partial charge in [0.25, 0.3) is 0 Å². The van der Waals surface area contributed by atoms with Gasteiger partial charge in [-0.1, -0.05) is 36.4 Å². The van der Waals surface area contributed by atoms with Crippen molar-refractivity contribution in [1.82, 2.24) is 0 Å². The Labute approximate surface area is 148 Å². The smallest absolute Gasteiger partial charge is 0 e. The average molecular weight is 350 g/mol. The fourth-order valence-electron chi connectivity index (χ4n) is 2.53. The van der Waals surface area contributed by atoms with E-state index in [1.807, 2.05) is 12.2 Å². The number of fused-ring (bicyclic) bond motifs is 1. The van der Waals surface area contributed by atoms with E-state index in [-0.39, 0.29) is 23.0 Å². The fraction of sp³-hybridized carbons (Fsp3) is 0.278. The summed E-state index contributed by atoms with van der Waals surface area (Å²) in [5.41, 5.74) is 2.58. The minimum atomic E-state index is -0.160. The Bertz CT molecular complexity index is 505. The van der Waals surface area contributed by atoms with Crippen LogP contribution in [0.15, 0.2) is 49.6 Å². The number of benzene rings is 1. The zero-order valence-corrected chi connectivity index (χ0v) is 14.0. The van der Waals surface area contributed by atoms with Gasteiger partial charge < -0.3 is 4.74 Å². The first-order chi connectivity index (χ1) is 10.8. The van der Waals surface area contributed by atoms with Crippen LogP contribution in [0.3, 0.4) is 0 Å². The minimum absolute atomic E-state index is 0. The van der Waals surface area contributed by atoms with Gasteiger partial charge in [-0.25, -0.2) is 0 Å². The predicted octanol–water partition coefficient (Wildman–Crippen LogP) is 3.49. The van der Waals surface area contributed by atoms with Crippen molar-refractivity contribution in [2.24, 2.45) is 0 Å². The molecule has 0 aliphatic heterocycles. The number of aryl methyl sites for hydroxylation is 1. The molecule has 0 amide bonds. The maximum Gasteiger partial charge on any atom is 0 e. The summed E-state index contributed by atoms with van der Waals surface area (Å²) in [4.78, 5) is 0. The van der Waals surface area contributed by atoms with Gasteiger partial charge in [0.2, 0.25) is 0 Å². The molecule has 23 heavy (non-hydrogen) atoms. The monoisotopic (exact) mass is 350 g/mol. The van der Waals surface area contributed by atoms with Crippen LogP contribution in [0.25, 0.3) is 0 Å². The van der Waals surface area contributed by atoms with E-state index in [9.17, 15) is 0 Å². The molecular weight excluding hydrogens is 332 g/mol. The third-order valence-corrected chi connectivity index (χ3v) is 3.26. The molecule has 0 N–H and O–H groups in total. The molecule has 0 aromatic heterocycles. The van der Waals surface area contributed by atoms with E-state index in [0.29, 0.717) is 6.61 Å². The van der Waals surface area contributed by atoms with E-state index in [4.69, 9.17) is 18.7 Å². The number of ether oxygens (including phenoxy) is 1. The van der Waals surface area contributed by atoms with Crippen LogP contribution in [0.2, 0.25) is 0 Å². The van der Waals surface area contributed by atoms with Crippen LogP contribution in [0, 0.1) is 20.0 Å². The first-order valence-electron chi connectivity index (χ1n) is 6.38. The summed E-state index contributed by atoms with van der Waals surface area (Å²) >= 11 is 0. The zero-order valence-electron chi connectivity index (χ0n) is 12.7. The van der Waals surface area contributed by atoms with Crippen molar-refractivity contribution in [2.45, 2.75) is 24.9 Å². The molecule has 1 unspecified atom stereocenters. The quantitative estimate of drug-likeness (QED) is 0.455. The molecule has 1 aromatic rings. The van der Waals surface area contributed by atoms with E-state index in [0.717, 1.165) is 19.3 Å². The Morgan fingerprint density at radius 3 is 2.13 bits per heavy atom. The normalized spacial score (nSPS) is 16.1. The molecule has 4 nitrogen and oxygen atoms in total. The maximum absolute atomic E-state index is 7.50. The van der Waals surface area contributed by atoms with Gasteiger partial charge in [0.1, 0.15) is 0 Å². The standard InChI is InChI=1S/C15H18O.3CO.Cr/c1-3-10-15(16-12-4-2)11-9-13-7-5-6-8-14(13)15;3*1-2;/h3-8H,1-2,9-12H2;;;;. The molecule has 120 valence electrons. The molecule has 1 aliphatic carbocycles. The second-order valence-corrected chi connectivity index (χ2v) is 4.24. The molecule has 2 rings (SSSR count). The topological polar surface area (TPSA) is 68.9 Å². The van der Waals surface area contributed by atoms with Gasteiger partial charge >= 0.3 is 33.9 Å². The van der Waals surface area contributed by atoms with Crippen LogP contribution in [-0.2, 0) is 48.1 Å². The number of hydrogen-bond donors (Lipinski definition) is 0. The van der Waals surface area contributed by atoms with E-state index >= 15 is 0 Å². The van der Waals surface area contributed by atoms with Gasteiger partial charge in [-0.15, -0.1) is 13.2 Å². The van der Waals surface area contributed by atoms with Crippen molar-refractivity contribution in [2.75, 3.05) is 6.61 Å². The Balaban J connectivity index is -0.000000514. The summed E-state index contributed by atoms with van der Waals surface area (Å²) < 4.78 is 28.5. The Morgan fingerprint density at radius 1 is 1.04 bits per heavy atom. The predicted molar refractivity (Wildman–Crippen MR) is 79.2 cm³/mol. The van der Waals surface area contributed by atoms with Gasteiger partial charge in [0, 0.05) is 17.4 Å². The first-order valence-corrected chi connectivity index (χ1v) is 6.38. The molecule has 1 aliphatic rings. The van der Waals surface area contributed by atoms with Gasteiger partial charge in [-0.3, -0.25) is 0 Å². The molecule has 0 bridgehead atoms. The Hall–Kier alpha value is -1.59. The van der Waals surface area contributed by atoms with Crippen molar-refractivity contribution >= 4 is 0 Å². The first kappa shape index (κ1) is 26.3. The Kier molecular flexibility index (Phi) is 19.2. The van der Waals surface area contributed by atoms with Crippen LogP contribution in [0.4, 0.5) is 0 Å². The summed E-state index contributed by atoms with van der Waals surface area (Å²) in [6, 6.07) is 8.54. The third kappa shape index (κ3) is 7.48. The van der Waals surface area contributed by atoms with Crippen LogP contribution >= 0.6 is 0 Å². The second-order valence-electron chi connectivity index (χ2n) is 4.24. The average Bonchev–Trinajstić information content (AvgIpc) is 2.98. The summed E-state index contributed by atoms with van der Waals surface area (Å²) in [5, 5.41) is 0. The molecule has 0 heterocycles.